The number of amides is 2. The number of likely N-dealkylation sites (tertiary alicyclic amines) is 1. The van der Waals surface area contributed by atoms with Gasteiger partial charge in [-0.05, 0) is 130 Å². The summed E-state index contributed by atoms with van der Waals surface area (Å²) in [5, 5.41) is 3.78. The largest absolute Gasteiger partial charge is 0.350 e. The third-order valence-corrected chi connectivity index (χ3v) is 13.5. The Morgan fingerprint density at radius 1 is 0.944 bits per heavy atom. The molecule has 4 bridgehead atoms. The van der Waals surface area contributed by atoms with Crippen LogP contribution in [0.3, 0.4) is 0 Å². The zero-order valence-corrected chi connectivity index (χ0v) is 22.8. The van der Waals surface area contributed by atoms with Crippen LogP contribution in [-0.2, 0) is 9.59 Å². The molecule has 7 atom stereocenters. The predicted molar refractivity (Wildman–Crippen MR) is 142 cm³/mol. The van der Waals surface area contributed by atoms with Crippen molar-refractivity contribution in [2.24, 2.45) is 52.3 Å². The Labute approximate surface area is 218 Å². The van der Waals surface area contributed by atoms with E-state index < -0.39 is 0 Å². The van der Waals surface area contributed by atoms with Crippen molar-refractivity contribution < 1.29 is 9.59 Å². The molecule has 198 valence electrons. The molecule has 1 N–H and O–H groups in total. The van der Waals surface area contributed by atoms with Gasteiger partial charge in [-0.15, -0.1) is 6.58 Å². The van der Waals surface area contributed by atoms with Crippen LogP contribution in [0.2, 0.25) is 0 Å². The smallest absolute Gasteiger partial charge is 0.224 e. The van der Waals surface area contributed by atoms with E-state index in [9.17, 15) is 9.59 Å². The first-order chi connectivity index (χ1) is 17.2. The van der Waals surface area contributed by atoms with E-state index in [2.05, 4.69) is 30.6 Å². The van der Waals surface area contributed by atoms with E-state index in [1.807, 2.05) is 6.08 Å². The molecule has 1 heterocycles. The van der Waals surface area contributed by atoms with Crippen LogP contribution in [-0.4, -0.2) is 34.8 Å². The van der Waals surface area contributed by atoms with Gasteiger partial charge in [0, 0.05) is 30.5 Å². The summed E-state index contributed by atoms with van der Waals surface area (Å²) >= 11 is 0. The Balaban J connectivity index is 1.09. The first kappa shape index (κ1) is 23.8. The summed E-state index contributed by atoms with van der Waals surface area (Å²) in [6.07, 6.45) is 18.8. The van der Waals surface area contributed by atoms with Gasteiger partial charge in [0.25, 0.3) is 0 Å². The quantitative estimate of drug-likeness (QED) is 0.482. The van der Waals surface area contributed by atoms with E-state index in [0.717, 1.165) is 42.9 Å². The van der Waals surface area contributed by atoms with Gasteiger partial charge in [-0.2, -0.15) is 0 Å². The van der Waals surface area contributed by atoms with E-state index in [4.69, 9.17) is 0 Å². The second kappa shape index (κ2) is 8.09. The van der Waals surface area contributed by atoms with Gasteiger partial charge < -0.3 is 10.2 Å². The van der Waals surface area contributed by atoms with Crippen LogP contribution in [0, 0.1) is 52.3 Å². The van der Waals surface area contributed by atoms with Gasteiger partial charge in [-0.3, -0.25) is 9.59 Å². The molecular formula is C32H48N2O2. The highest BCUT2D eigenvalue weighted by molar-refractivity contribution is 5.81. The van der Waals surface area contributed by atoms with Crippen LogP contribution in [0.25, 0.3) is 0 Å². The Kier molecular flexibility index (Phi) is 5.34. The molecule has 8 aliphatic rings. The zero-order valence-electron chi connectivity index (χ0n) is 22.8. The van der Waals surface area contributed by atoms with Crippen molar-refractivity contribution in [1.29, 1.82) is 0 Å². The molecule has 8 fully saturated rings. The highest BCUT2D eigenvalue weighted by Crippen LogP contribution is 2.66. The molecule has 8 rings (SSSR count). The molecule has 4 nitrogen and oxygen atoms in total. The van der Waals surface area contributed by atoms with Crippen molar-refractivity contribution >= 4 is 11.8 Å². The van der Waals surface area contributed by atoms with Gasteiger partial charge >= 0.3 is 0 Å². The summed E-state index contributed by atoms with van der Waals surface area (Å²) in [5.74, 6) is 5.66. The van der Waals surface area contributed by atoms with Crippen LogP contribution in [0.4, 0.5) is 0 Å². The number of nitrogens with zero attached hydrogens (tertiary/aromatic N) is 1. The van der Waals surface area contributed by atoms with Crippen molar-refractivity contribution in [3.05, 3.63) is 12.7 Å². The van der Waals surface area contributed by atoms with E-state index in [-0.39, 0.29) is 22.3 Å². The zero-order chi connectivity index (χ0) is 24.9. The maximum absolute atomic E-state index is 14.0. The fraction of sp³-hybridized carbons (Fsp3) is 0.875. The second-order valence-corrected chi connectivity index (χ2v) is 15.2. The van der Waals surface area contributed by atoms with Gasteiger partial charge in [0.2, 0.25) is 11.8 Å². The predicted octanol–water partition coefficient (Wildman–Crippen LogP) is 6.11. The Bertz CT molecular complexity index is 923. The number of nitrogens with one attached hydrogen (secondary N) is 1. The number of piperidine rings is 1. The molecule has 0 radical (unpaired) electrons. The molecule has 4 heteroatoms. The number of carbonyl (C=O) groups is 2. The Morgan fingerprint density at radius 2 is 1.61 bits per heavy atom. The van der Waals surface area contributed by atoms with Crippen LogP contribution in [0.15, 0.2) is 12.7 Å². The minimum Gasteiger partial charge on any atom is -0.350 e. The lowest BCUT2D eigenvalue weighted by Gasteiger charge is -2.62. The summed E-state index contributed by atoms with van der Waals surface area (Å²) in [6.45, 7) is 9.64. The highest BCUT2D eigenvalue weighted by Gasteiger charge is 2.63. The van der Waals surface area contributed by atoms with Crippen LogP contribution in [0.1, 0.15) is 104 Å². The number of hydrogen-bond donors (Lipinski definition) is 1. The minimum atomic E-state index is 0.131. The first-order valence-corrected chi connectivity index (χ1v) is 15.5. The third kappa shape index (κ3) is 3.30. The van der Waals surface area contributed by atoms with Gasteiger partial charge in [-0.25, -0.2) is 0 Å². The molecule has 1 saturated heterocycles. The standard InChI is InChI=1S/C32H48N2O2/c1-4-13-34-27-8-5-23-24-6-7-26(30(24,2)11-9-25(23)31(27,3)12-10-28(34)35)29(36)33-32-17-20-14-21(18-32)16-22(15-20)19-32/h4,20-27H,1,5-19H2,2-3H3,(H,33,36)/t20?,21?,22?,23-,24-,25-,26+,27+,30-,31+,32?/m0/s1. The van der Waals surface area contributed by atoms with E-state index in [1.165, 1.54) is 64.2 Å². The molecule has 0 unspecified atom stereocenters. The van der Waals surface area contributed by atoms with Gasteiger partial charge in [-0.1, -0.05) is 19.9 Å². The second-order valence-electron chi connectivity index (χ2n) is 15.2. The summed E-state index contributed by atoms with van der Waals surface area (Å²) < 4.78 is 0. The van der Waals surface area contributed by atoms with E-state index in [1.54, 1.807) is 0 Å². The molecule has 2 amide bonds. The highest BCUT2D eigenvalue weighted by atomic mass is 16.2. The van der Waals surface area contributed by atoms with Crippen molar-refractivity contribution in [1.82, 2.24) is 10.2 Å². The van der Waals surface area contributed by atoms with Crippen molar-refractivity contribution in [2.75, 3.05) is 6.54 Å². The molecule has 36 heavy (non-hydrogen) atoms. The van der Waals surface area contributed by atoms with Crippen molar-refractivity contribution in [3.63, 3.8) is 0 Å². The lowest BCUT2D eigenvalue weighted by Crippen LogP contribution is -2.63. The van der Waals surface area contributed by atoms with Crippen LogP contribution in [0.5, 0.6) is 0 Å². The number of fused-ring (bicyclic) bond motifs is 5. The molecule has 7 saturated carbocycles. The molecule has 0 aromatic carbocycles. The summed E-state index contributed by atoms with van der Waals surface area (Å²) in [4.78, 5) is 29.0. The van der Waals surface area contributed by atoms with Gasteiger partial charge in [0.15, 0.2) is 0 Å². The van der Waals surface area contributed by atoms with Crippen LogP contribution >= 0.6 is 0 Å². The fourth-order valence-electron chi connectivity index (χ4n) is 12.4. The topological polar surface area (TPSA) is 49.4 Å². The summed E-state index contributed by atoms with van der Waals surface area (Å²) in [5.41, 5.74) is 0.509. The number of carbonyl (C=O) groups excluding carboxylic acids is 2. The lowest BCUT2D eigenvalue weighted by atomic mass is 9.46. The third-order valence-electron chi connectivity index (χ3n) is 13.5. The first-order valence-electron chi connectivity index (χ1n) is 15.5. The normalized spacial score (nSPS) is 52.9. The minimum absolute atomic E-state index is 0.131. The molecule has 7 aliphatic carbocycles. The maximum atomic E-state index is 14.0. The molecule has 0 aromatic heterocycles. The number of hydrogen-bond acceptors (Lipinski definition) is 2. The Hall–Kier alpha value is -1.32. The van der Waals surface area contributed by atoms with Crippen molar-refractivity contribution in [3.8, 4) is 0 Å². The molecule has 1 aliphatic heterocycles. The van der Waals surface area contributed by atoms with Gasteiger partial charge in [0.05, 0.1) is 0 Å². The van der Waals surface area contributed by atoms with Crippen LogP contribution < -0.4 is 5.32 Å². The van der Waals surface area contributed by atoms with E-state index in [0.29, 0.717) is 42.7 Å². The van der Waals surface area contributed by atoms with Gasteiger partial charge in [0.1, 0.15) is 0 Å². The Morgan fingerprint density at radius 3 is 2.28 bits per heavy atom. The van der Waals surface area contributed by atoms with E-state index >= 15 is 0 Å². The molecule has 0 aromatic rings. The van der Waals surface area contributed by atoms with Crippen molar-refractivity contribution in [2.45, 2.75) is 115 Å². The monoisotopic (exact) mass is 492 g/mol. The fourth-order valence-corrected chi connectivity index (χ4v) is 12.4. The number of rotatable bonds is 4. The SMILES string of the molecule is C=CCN1C(=O)CC[C@]2(C)[C@H]3CC[C@]4(C)[C@@H](C(=O)NC56CC7CC(CC(C7)C5)C6)CC[C@H]4[C@@H]3CC[C@@H]12. The summed E-state index contributed by atoms with van der Waals surface area (Å²) in [6, 6.07) is 0.374. The molecular weight excluding hydrogens is 444 g/mol. The average Bonchev–Trinajstić information content (AvgIpc) is 3.17. The summed E-state index contributed by atoms with van der Waals surface area (Å²) in [7, 11) is 0. The average molecular weight is 493 g/mol. The lowest BCUT2D eigenvalue weighted by molar-refractivity contribution is -0.162. The molecule has 0 spiro atoms. The maximum Gasteiger partial charge on any atom is 0.224 e.